The Morgan fingerprint density at radius 1 is 1.16 bits per heavy atom. The summed E-state index contributed by atoms with van der Waals surface area (Å²) in [6.45, 7) is 2.17. The van der Waals surface area contributed by atoms with Gasteiger partial charge in [-0.15, -0.1) is 0 Å². The summed E-state index contributed by atoms with van der Waals surface area (Å²) in [6.07, 6.45) is 8.84. The number of para-hydroxylation sites is 2. The molecule has 1 saturated carbocycles. The van der Waals surface area contributed by atoms with Crippen molar-refractivity contribution in [2.45, 2.75) is 57.4 Å². The first-order valence-electron chi connectivity index (χ1n) is 9.79. The Balaban J connectivity index is 1.48. The van der Waals surface area contributed by atoms with E-state index in [1.165, 1.54) is 38.5 Å². The van der Waals surface area contributed by atoms with Gasteiger partial charge in [-0.25, -0.2) is 4.98 Å². The molecule has 2 aliphatic rings. The first kappa shape index (κ1) is 16.6. The average molecular weight is 340 g/mol. The predicted octanol–water partition coefficient (Wildman–Crippen LogP) is 3.87. The third kappa shape index (κ3) is 3.71. The Hall–Kier alpha value is -1.88. The van der Waals surface area contributed by atoms with E-state index in [9.17, 15) is 4.79 Å². The number of fused-ring (bicyclic) bond motifs is 1. The van der Waals surface area contributed by atoms with Gasteiger partial charge in [0.1, 0.15) is 0 Å². The van der Waals surface area contributed by atoms with Crippen LogP contribution in [0, 0.1) is 5.92 Å². The van der Waals surface area contributed by atoms with Gasteiger partial charge in [0.05, 0.1) is 11.0 Å². The number of amides is 1. The van der Waals surface area contributed by atoms with Gasteiger partial charge in [-0.3, -0.25) is 10.1 Å². The minimum absolute atomic E-state index is 0.105. The van der Waals surface area contributed by atoms with Crippen molar-refractivity contribution < 1.29 is 4.79 Å². The molecule has 25 heavy (non-hydrogen) atoms. The van der Waals surface area contributed by atoms with Crippen LogP contribution in [0.5, 0.6) is 0 Å². The second-order valence-electron chi connectivity index (χ2n) is 7.51. The molecule has 0 unspecified atom stereocenters. The molecule has 5 nitrogen and oxygen atoms in total. The standard InChI is InChI=1S/C20H28N4O/c25-19(10-9-15-11-13-21-14-12-15)23-20-22-17-7-3-4-8-18(17)24(20)16-5-1-2-6-16/h3-4,7-8,15-16,21H,1-2,5-6,9-14H2,(H,22,23,25). The van der Waals surface area contributed by atoms with Gasteiger partial charge in [0.2, 0.25) is 11.9 Å². The number of nitrogens with one attached hydrogen (secondary N) is 2. The molecule has 2 N–H and O–H groups in total. The highest BCUT2D eigenvalue weighted by molar-refractivity contribution is 5.91. The molecule has 0 atom stereocenters. The summed E-state index contributed by atoms with van der Waals surface area (Å²) in [5, 5.41) is 6.50. The van der Waals surface area contributed by atoms with Crippen LogP contribution in [0.3, 0.4) is 0 Å². The van der Waals surface area contributed by atoms with E-state index < -0.39 is 0 Å². The number of benzene rings is 1. The predicted molar refractivity (Wildman–Crippen MR) is 101 cm³/mol. The molecule has 0 bridgehead atoms. The number of hydrogen-bond donors (Lipinski definition) is 2. The quantitative estimate of drug-likeness (QED) is 0.869. The van der Waals surface area contributed by atoms with E-state index in [0.717, 1.165) is 36.5 Å². The summed E-state index contributed by atoms with van der Waals surface area (Å²) in [5.41, 5.74) is 2.12. The summed E-state index contributed by atoms with van der Waals surface area (Å²) in [5.74, 6) is 1.53. The van der Waals surface area contributed by atoms with Crippen molar-refractivity contribution >= 4 is 22.9 Å². The van der Waals surface area contributed by atoms with Gasteiger partial charge in [-0.05, 0) is 63.2 Å². The number of piperidine rings is 1. The lowest BCUT2D eigenvalue weighted by molar-refractivity contribution is -0.116. The molecule has 1 aromatic carbocycles. The number of aromatic nitrogens is 2. The Morgan fingerprint density at radius 2 is 1.92 bits per heavy atom. The molecule has 1 saturated heterocycles. The first-order chi connectivity index (χ1) is 12.3. The molecule has 0 spiro atoms. The molecule has 1 aliphatic heterocycles. The van der Waals surface area contributed by atoms with Crippen LogP contribution in [0.25, 0.3) is 11.0 Å². The van der Waals surface area contributed by atoms with Crippen LogP contribution in [-0.2, 0) is 4.79 Å². The van der Waals surface area contributed by atoms with Gasteiger partial charge in [-0.1, -0.05) is 25.0 Å². The van der Waals surface area contributed by atoms with Crippen LogP contribution in [-0.4, -0.2) is 28.5 Å². The molecule has 2 heterocycles. The highest BCUT2D eigenvalue weighted by atomic mass is 16.1. The fourth-order valence-electron chi connectivity index (χ4n) is 4.36. The second-order valence-corrected chi connectivity index (χ2v) is 7.51. The van der Waals surface area contributed by atoms with Crippen molar-refractivity contribution in [2.75, 3.05) is 18.4 Å². The highest BCUT2D eigenvalue weighted by Crippen LogP contribution is 2.35. The number of nitrogens with zero attached hydrogens (tertiary/aromatic N) is 2. The number of hydrogen-bond acceptors (Lipinski definition) is 3. The first-order valence-corrected chi connectivity index (χ1v) is 9.79. The largest absolute Gasteiger partial charge is 0.317 e. The van der Waals surface area contributed by atoms with Crippen molar-refractivity contribution in [3.8, 4) is 0 Å². The summed E-state index contributed by atoms with van der Waals surface area (Å²) in [6, 6.07) is 8.68. The van der Waals surface area contributed by atoms with Gasteiger partial charge in [0.15, 0.2) is 0 Å². The molecule has 2 fully saturated rings. The zero-order chi connectivity index (χ0) is 17.1. The van der Waals surface area contributed by atoms with Crippen LogP contribution < -0.4 is 10.6 Å². The van der Waals surface area contributed by atoms with E-state index in [2.05, 4.69) is 27.3 Å². The van der Waals surface area contributed by atoms with Crippen LogP contribution in [0.15, 0.2) is 24.3 Å². The van der Waals surface area contributed by atoms with Crippen molar-refractivity contribution in [2.24, 2.45) is 5.92 Å². The zero-order valence-electron chi connectivity index (χ0n) is 14.8. The maximum Gasteiger partial charge on any atom is 0.226 e. The number of imidazole rings is 1. The van der Waals surface area contributed by atoms with E-state index in [-0.39, 0.29) is 5.91 Å². The van der Waals surface area contributed by atoms with E-state index >= 15 is 0 Å². The van der Waals surface area contributed by atoms with Gasteiger partial charge in [-0.2, -0.15) is 0 Å². The maximum absolute atomic E-state index is 12.5. The fraction of sp³-hybridized carbons (Fsp3) is 0.600. The van der Waals surface area contributed by atoms with Crippen molar-refractivity contribution in [1.82, 2.24) is 14.9 Å². The molecule has 1 amide bonds. The minimum Gasteiger partial charge on any atom is -0.317 e. The van der Waals surface area contributed by atoms with E-state index in [0.29, 0.717) is 18.4 Å². The maximum atomic E-state index is 12.5. The minimum atomic E-state index is 0.105. The molecule has 1 aliphatic carbocycles. The van der Waals surface area contributed by atoms with E-state index in [1.807, 2.05) is 12.1 Å². The Labute approximate surface area is 149 Å². The fourth-order valence-corrected chi connectivity index (χ4v) is 4.36. The van der Waals surface area contributed by atoms with Crippen molar-refractivity contribution in [1.29, 1.82) is 0 Å². The summed E-state index contributed by atoms with van der Waals surface area (Å²) in [7, 11) is 0. The molecule has 2 aromatic rings. The smallest absolute Gasteiger partial charge is 0.226 e. The van der Waals surface area contributed by atoms with Crippen molar-refractivity contribution in [3.05, 3.63) is 24.3 Å². The van der Waals surface area contributed by atoms with Crippen LogP contribution in [0.1, 0.15) is 57.4 Å². The molecule has 0 radical (unpaired) electrons. The summed E-state index contributed by atoms with van der Waals surface area (Å²) < 4.78 is 2.27. The van der Waals surface area contributed by atoms with Crippen molar-refractivity contribution in [3.63, 3.8) is 0 Å². The van der Waals surface area contributed by atoms with Crippen LogP contribution in [0.2, 0.25) is 0 Å². The Bertz CT molecular complexity index is 726. The number of carbonyl (C=O) groups excluding carboxylic acids is 1. The summed E-state index contributed by atoms with van der Waals surface area (Å²) >= 11 is 0. The zero-order valence-corrected chi connectivity index (χ0v) is 14.8. The van der Waals surface area contributed by atoms with E-state index in [4.69, 9.17) is 4.98 Å². The SMILES string of the molecule is O=C(CCC1CCNCC1)Nc1nc2ccccc2n1C1CCCC1. The topological polar surface area (TPSA) is 59.0 Å². The Morgan fingerprint density at radius 3 is 2.72 bits per heavy atom. The third-order valence-electron chi connectivity index (χ3n) is 5.78. The second kappa shape index (κ2) is 7.56. The third-order valence-corrected chi connectivity index (χ3v) is 5.78. The molecule has 5 heteroatoms. The molecule has 4 rings (SSSR count). The lowest BCUT2D eigenvalue weighted by Gasteiger charge is -2.22. The van der Waals surface area contributed by atoms with Crippen LogP contribution >= 0.6 is 0 Å². The van der Waals surface area contributed by atoms with E-state index in [1.54, 1.807) is 0 Å². The van der Waals surface area contributed by atoms with Gasteiger partial charge in [0, 0.05) is 12.5 Å². The highest BCUT2D eigenvalue weighted by Gasteiger charge is 2.23. The van der Waals surface area contributed by atoms with Gasteiger partial charge < -0.3 is 9.88 Å². The Kier molecular flexibility index (Phi) is 5.02. The number of rotatable bonds is 5. The average Bonchev–Trinajstić information content (AvgIpc) is 3.27. The summed E-state index contributed by atoms with van der Waals surface area (Å²) in [4.78, 5) is 17.2. The molecule has 134 valence electrons. The lowest BCUT2D eigenvalue weighted by Crippen LogP contribution is -2.28. The van der Waals surface area contributed by atoms with Gasteiger partial charge in [0.25, 0.3) is 0 Å². The van der Waals surface area contributed by atoms with Gasteiger partial charge >= 0.3 is 0 Å². The molecular weight excluding hydrogens is 312 g/mol. The number of carbonyl (C=O) groups is 1. The molecular formula is C20H28N4O. The number of anilines is 1. The lowest BCUT2D eigenvalue weighted by atomic mass is 9.93. The molecule has 1 aromatic heterocycles. The monoisotopic (exact) mass is 340 g/mol. The normalized spacial score (nSPS) is 19.5. The van der Waals surface area contributed by atoms with Crippen LogP contribution in [0.4, 0.5) is 5.95 Å².